The molecule has 0 bridgehead atoms. The maximum atomic E-state index is 12.1. The fraction of sp³-hybridized carbons (Fsp3) is 0.125. The van der Waals surface area contributed by atoms with Gasteiger partial charge in [-0.15, -0.1) is 0 Å². The van der Waals surface area contributed by atoms with E-state index in [9.17, 15) is 4.79 Å². The molecule has 2 heterocycles. The Bertz CT molecular complexity index is 762. The lowest BCUT2D eigenvalue weighted by Gasteiger charge is -2.04. The van der Waals surface area contributed by atoms with Crippen LogP contribution in [0.25, 0.3) is 10.9 Å². The molecule has 2 aromatic heterocycles. The third-order valence-electron chi connectivity index (χ3n) is 3.05. The van der Waals surface area contributed by atoms with Crippen molar-refractivity contribution in [2.75, 3.05) is 0 Å². The first-order valence-corrected chi connectivity index (χ1v) is 6.42. The minimum absolute atomic E-state index is 0.204. The number of furan rings is 1. The van der Waals surface area contributed by atoms with E-state index >= 15 is 0 Å². The number of aryl methyl sites for hydroxylation is 1. The average molecular weight is 266 g/mol. The summed E-state index contributed by atoms with van der Waals surface area (Å²) in [6.07, 6.45) is 0. The van der Waals surface area contributed by atoms with Crippen molar-refractivity contribution in [3.05, 3.63) is 65.7 Å². The summed E-state index contributed by atoms with van der Waals surface area (Å²) in [5.74, 6) is 1.36. The van der Waals surface area contributed by atoms with Gasteiger partial charge in [0.25, 0.3) is 5.91 Å². The molecule has 0 aliphatic carbocycles. The second-order valence-corrected chi connectivity index (χ2v) is 4.58. The molecule has 4 nitrogen and oxygen atoms in total. The molecule has 0 fully saturated rings. The van der Waals surface area contributed by atoms with Crippen LogP contribution < -0.4 is 5.32 Å². The number of carbonyl (C=O) groups excluding carboxylic acids is 1. The zero-order valence-corrected chi connectivity index (χ0v) is 11.1. The summed E-state index contributed by atoms with van der Waals surface area (Å²) < 4.78 is 5.40. The van der Waals surface area contributed by atoms with Gasteiger partial charge in [-0.3, -0.25) is 4.79 Å². The van der Waals surface area contributed by atoms with Crippen LogP contribution in [-0.4, -0.2) is 10.9 Å². The lowest BCUT2D eigenvalue weighted by Crippen LogP contribution is -2.23. The van der Waals surface area contributed by atoms with Crippen molar-refractivity contribution < 1.29 is 9.21 Å². The zero-order chi connectivity index (χ0) is 13.9. The number of fused-ring (bicyclic) bond motifs is 1. The maximum Gasteiger partial charge on any atom is 0.270 e. The number of hydrogen-bond donors (Lipinski definition) is 1. The van der Waals surface area contributed by atoms with Crippen molar-refractivity contribution in [3.8, 4) is 0 Å². The summed E-state index contributed by atoms with van der Waals surface area (Å²) in [4.78, 5) is 16.4. The monoisotopic (exact) mass is 266 g/mol. The van der Waals surface area contributed by atoms with Crippen LogP contribution in [0.3, 0.4) is 0 Å². The molecule has 0 radical (unpaired) electrons. The summed E-state index contributed by atoms with van der Waals surface area (Å²) in [5, 5.41) is 3.82. The topological polar surface area (TPSA) is 55.1 Å². The van der Waals surface area contributed by atoms with Crippen molar-refractivity contribution in [2.45, 2.75) is 13.5 Å². The van der Waals surface area contributed by atoms with Crippen LogP contribution in [0.2, 0.25) is 0 Å². The van der Waals surface area contributed by atoms with E-state index in [-0.39, 0.29) is 5.91 Å². The Morgan fingerprint density at radius 3 is 2.80 bits per heavy atom. The maximum absolute atomic E-state index is 12.1. The first-order chi connectivity index (χ1) is 9.72. The Kier molecular flexibility index (Phi) is 3.21. The smallest absolute Gasteiger partial charge is 0.270 e. The molecule has 0 aliphatic rings. The number of pyridine rings is 1. The van der Waals surface area contributed by atoms with Gasteiger partial charge in [0.05, 0.1) is 12.1 Å². The minimum atomic E-state index is -0.204. The fourth-order valence-corrected chi connectivity index (χ4v) is 2.03. The summed E-state index contributed by atoms with van der Waals surface area (Å²) in [7, 11) is 0. The van der Waals surface area contributed by atoms with E-state index in [0.29, 0.717) is 12.2 Å². The van der Waals surface area contributed by atoms with Gasteiger partial charge in [-0.2, -0.15) is 0 Å². The minimum Gasteiger partial charge on any atom is -0.465 e. The van der Waals surface area contributed by atoms with Crippen molar-refractivity contribution in [1.29, 1.82) is 0 Å². The van der Waals surface area contributed by atoms with E-state index in [1.807, 2.05) is 49.4 Å². The molecule has 3 rings (SSSR count). The molecule has 0 saturated carbocycles. The van der Waals surface area contributed by atoms with Crippen molar-refractivity contribution in [2.24, 2.45) is 0 Å². The first-order valence-electron chi connectivity index (χ1n) is 6.42. The van der Waals surface area contributed by atoms with Crippen LogP contribution in [-0.2, 0) is 6.54 Å². The quantitative estimate of drug-likeness (QED) is 0.792. The van der Waals surface area contributed by atoms with Crippen LogP contribution >= 0.6 is 0 Å². The van der Waals surface area contributed by atoms with Gasteiger partial charge < -0.3 is 9.73 Å². The predicted octanol–water partition coefficient (Wildman–Crippen LogP) is 3.07. The number of hydrogen-bond acceptors (Lipinski definition) is 3. The number of nitrogens with zero attached hydrogens (tertiary/aromatic N) is 1. The Labute approximate surface area is 116 Å². The highest BCUT2D eigenvalue weighted by molar-refractivity contribution is 5.94. The van der Waals surface area contributed by atoms with Crippen LogP contribution in [0.5, 0.6) is 0 Å². The largest absolute Gasteiger partial charge is 0.465 e. The van der Waals surface area contributed by atoms with Gasteiger partial charge in [-0.1, -0.05) is 24.3 Å². The van der Waals surface area contributed by atoms with Gasteiger partial charge in [-0.25, -0.2) is 4.98 Å². The number of rotatable bonds is 3. The Morgan fingerprint density at radius 1 is 1.15 bits per heavy atom. The SMILES string of the molecule is Cc1ccc(CNC(=O)c2ccc3ccccc3n2)o1. The molecule has 20 heavy (non-hydrogen) atoms. The first kappa shape index (κ1) is 12.4. The van der Waals surface area contributed by atoms with Crippen LogP contribution in [0.4, 0.5) is 0 Å². The van der Waals surface area contributed by atoms with Gasteiger partial charge in [0.1, 0.15) is 17.2 Å². The van der Waals surface area contributed by atoms with Gasteiger partial charge in [0, 0.05) is 5.39 Å². The van der Waals surface area contributed by atoms with Gasteiger partial charge >= 0.3 is 0 Å². The van der Waals surface area contributed by atoms with E-state index < -0.39 is 0 Å². The zero-order valence-electron chi connectivity index (χ0n) is 11.1. The molecule has 100 valence electrons. The lowest BCUT2D eigenvalue weighted by molar-refractivity contribution is 0.0943. The van der Waals surface area contributed by atoms with E-state index in [2.05, 4.69) is 10.3 Å². The molecule has 0 spiro atoms. The lowest BCUT2D eigenvalue weighted by atomic mass is 10.2. The molecular weight excluding hydrogens is 252 g/mol. The predicted molar refractivity (Wildman–Crippen MR) is 76.4 cm³/mol. The van der Waals surface area contributed by atoms with Crippen LogP contribution in [0, 0.1) is 6.92 Å². The average Bonchev–Trinajstić information content (AvgIpc) is 2.90. The highest BCUT2D eigenvalue weighted by Crippen LogP contribution is 2.12. The molecule has 1 aromatic carbocycles. The highest BCUT2D eigenvalue weighted by Gasteiger charge is 2.08. The molecule has 1 N–H and O–H groups in total. The summed E-state index contributed by atoms with van der Waals surface area (Å²) in [6, 6.07) is 15.1. The molecule has 0 atom stereocenters. The van der Waals surface area contributed by atoms with Crippen LogP contribution in [0.1, 0.15) is 22.0 Å². The molecule has 4 heteroatoms. The second kappa shape index (κ2) is 5.17. The molecule has 1 amide bonds. The van der Waals surface area contributed by atoms with Gasteiger partial charge in [-0.05, 0) is 31.2 Å². The molecular formula is C16H14N2O2. The van der Waals surface area contributed by atoms with Crippen molar-refractivity contribution in [3.63, 3.8) is 0 Å². The van der Waals surface area contributed by atoms with Gasteiger partial charge in [0.2, 0.25) is 0 Å². The molecule has 3 aromatic rings. The Hall–Kier alpha value is -2.62. The summed E-state index contributed by atoms with van der Waals surface area (Å²) >= 11 is 0. The van der Waals surface area contributed by atoms with Crippen LogP contribution in [0.15, 0.2) is 52.9 Å². The molecule has 0 aliphatic heterocycles. The summed E-state index contributed by atoms with van der Waals surface area (Å²) in [6.45, 7) is 2.23. The molecule has 0 saturated heterocycles. The highest BCUT2D eigenvalue weighted by atomic mass is 16.3. The van der Waals surface area contributed by atoms with Gasteiger partial charge in [0.15, 0.2) is 0 Å². The van der Waals surface area contributed by atoms with E-state index in [4.69, 9.17) is 4.42 Å². The van der Waals surface area contributed by atoms with Crippen molar-refractivity contribution in [1.82, 2.24) is 10.3 Å². The fourth-order valence-electron chi connectivity index (χ4n) is 2.03. The molecule has 0 unspecified atom stereocenters. The number of carbonyl (C=O) groups is 1. The normalized spacial score (nSPS) is 10.7. The number of amides is 1. The Morgan fingerprint density at radius 2 is 2.00 bits per heavy atom. The number of nitrogens with one attached hydrogen (secondary N) is 1. The Balaban J connectivity index is 1.75. The number of benzene rings is 1. The number of para-hydroxylation sites is 1. The summed E-state index contributed by atoms with van der Waals surface area (Å²) in [5.41, 5.74) is 1.22. The number of aromatic nitrogens is 1. The van der Waals surface area contributed by atoms with Crippen molar-refractivity contribution >= 4 is 16.8 Å². The standard InChI is InChI=1S/C16H14N2O2/c1-11-6-8-13(20-11)10-17-16(19)15-9-7-12-4-2-3-5-14(12)18-15/h2-9H,10H2,1H3,(H,17,19). The third kappa shape index (κ3) is 2.54. The second-order valence-electron chi connectivity index (χ2n) is 4.58. The van der Waals surface area contributed by atoms with E-state index in [1.54, 1.807) is 6.07 Å². The third-order valence-corrected chi connectivity index (χ3v) is 3.05. The van der Waals surface area contributed by atoms with E-state index in [1.165, 1.54) is 0 Å². The van der Waals surface area contributed by atoms with E-state index in [0.717, 1.165) is 22.4 Å².